The standard InChI is InChI=1S/C20H20ClFN2O2/c21-17-6-4-16(5-7-17)20(26)24-13-11-23(12-14-24)19(25)10-3-15-1-8-18(22)9-2-15/h1-2,4-9H,3,10-14H2. The van der Waals surface area contributed by atoms with Gasteiger partial charge in [-0.2, -0.15) is 0 Å². The summed E-state index contributed by atoms with van der Waals surface area (Å²) in [6.45, 7) is 2.09. The number of nitrogens with zero attached hydrogens (tertiary/aromatic N) is 2. The molecule has 0 radical (unpaired) electrons. The van der Waals surface area contributed by atoms with E-state index in [4.69, 9.17) is 11.6 Å². The van der Waals surface area contributed by atoms with Gasteiger partial charge in [-0.15, -0.1) is 0 Å². The molecule has 136 valence electrons. The lowest BCUT2D eigenvalue weighted by molar-refractivity contribution is -0.132. The van der Waals surface area contributed by atoms with Crippen LogP contribution in [0.1, 0.15) is 22.3 Å². The fraction of sp³-hybridized carbons (Fsp3) is 0.300. The molecule has 2 aromatic rings. The summed E-state index contributed by atoms with van der Waals surface area (Å²) < 4.78 is 12.9. The Morgan fingerprint density at radius 1 is 0.885 bits per heavy atom. The molecule has 0 N–H and O–H groups in total. The van der Waals surface area contributed by atoms with Gasteiger partial charge in [0.15, 0.2) is 0 Å². The van der Waals surface area contributed by atoms with Gasteiger partial charge >= 0.3 is 0 Å². The minimum Gasteiger partial charge on any atom is -0.339 e. The zero-order valence-corrected chi connectivity index (χ0v) is 15.1. The van der Waals surface area contributed by atoms with Gasteiger partial charge in [0.2, 0.25) is 5.91 Å². The molecule has 4 nitrogen and oxygen atoms in total. The first-order valence-corrected chi connectivity index (χ1v) is 8.98. The van der Waals surface area contributed by atoms with E-state index in [1.807, 2.05) is 0 Å². The van der Waals surface area contributed by atoms with Crippen LogP contribution in [0.3, 0.4) is 0 Å². The number of rotatable bonds is 4. The van der Waals surface area contributed by atoms with Crippen LogP contribution in [0.25, 0.3) is 0 Å². The van der Waals surface area contributed by atoms with Crippen LogP contribution in [0.5, 0.6) is 0 Å². The monoisotopic (exact) mass is 374 g/mol. The quantitative estimate of drug-likeness (QED) is 0.823. The Balaban J connectivity index is 1.48. The summed E-state index contributed by atoms with van der Waals surface area (Å²) in [4.78, 5) is 28.4. The van der Waals surface area contributed by atoms with Crippen LogP contribution in [-0.4, -0.2) is 47.8 Å². The Kier molecular flexibility index (Phi) is 5.89. The molecule has 0 unspecified atom stereocenters. The van der Waals surface area contributed by atoms with Crippen molar-refractivity contribution in [3.05, 3.63) is 70.5 Å². The molecule has 1 aliphatic heterocycles. The fourth-order valence-electron chi connectivity index (χ4n) is 2.99. The van der Waals surface area contributed by atoms with Crippen molar-refractivity contribution >= 4 is 23.4 Å². The van der Waals surface area contributed by atoms with E-state index in [2.05, 4.69) is 0 Å². The number of aryl methyl sites for hydroxylation is 1. The minimum atomic E-state index is -0.276. The molecular weight excluding hydrogens is 355 g/mol. The topological polar surface area (TPSA) is 40.6 Å². The highest BCUT2D eigenvalue weighted by atomic mass is 35.5. The molecule has 0 aliphatic carbocycles. The third-order valence-corrected chi connectivity index (χ3v) is 4.80. The van der Waals surface area contributed by atoms with Gasteiger partial charge in [-0.25, -0.2) is 4.39 Å². The van der Waals surface area contributed by atoms with E-state index in [-0.39, 0.29) is 17.6 Å². The number of piperazine rings is 1. The van der Waals surface area contributed by atoms with Gasteiger partial charge in [-0.1, -0.05) is 23.7 Å². The SMILES string of the molecule is O=C(CCc1ccc(F)cc1)N1CCN(C(=O)c2ccc(Cl)cc2)CC1. The normalized spacial score (nSPS) is 14.4. The predicted molar refractivity (Wildman–Crippen MR) is 98.7 cm³/mol. The fourth-order valence-corrected chi connectivity index (χ4v) is 3.12. The Labute approximate surface area is 157 Å². The van der Waals surface area contributed by atoms with Crippen molar-refractivity contribution in [1.82, 2.24) is 9.80 Å². The van der Waals surface area contributed by atoms with E-state index in [9.17, 15) is 14.0 Å². The van der Waals surface area contributed by atoms with E-state index < -0.39 is 0 Å². The van der Waals surface area contributed by atoms with Gasteiger partial charge in [-0.3, -0.25) is 9.59 Å². The number of halogens is 2. The lowest BCUT2D eigenvalue weighted by Crippen LogP contribution is -2.50. The first-order valence-electron chi connectivity index (χ1n) is 8.60. The number of hydrogen-bond acceptors (Lipinski definition) is 2. The minimum absolute atomic E-state index is 0.0416. The first kappa shape index (κ1) is 18.4. The van der Waals surface area contributed by atoms with Crippen molar-refractivity contribution < 1.29 is 14.0 Å². The summed E-state index contributed by atoms with van der Waals surface area (Å²) in [5.74, 6) is -0.255. The van der Waals surface area contributed by atoms with Crippen LogP contribution >= 0.6 is 11.6 Å². The molecule has 3 rings (SSSR count). The number of hydrogen-bond donors (Lipinski definition) is 0. The van der Waals surface area contributed by atoms with Gasteiger partial charge in [0, 0.05) is 43.2 Å². The second-order valence-electron chi connectivity index (χ2n) is 6.31. The third-order valence-electron chi connectivity index (χ3n) is 4.55. The van der Waals surface area contributed by atoms with E-state index in [0.29, 0.717) is 49.6 Å². The molecular formula is C20H20ClFN2O2. The van der Waals surface area contributed by atoms with Gasteiger partial charge in [-0.05, 0) is 48.4 Å². The number of carbonyl (C=O) groups is 2. The average Bonchev–Trinajstić information content (AvgIpc) is 2.67. The molecule has 6 heteroatoms. The van der Waals surface area contributed by atoms with Crippen LogP contribution in [0.15, 0.2) is 48.5 Å². The zero-order valence-electron chi connectivity index (χ0n) is 14.3. The van der Waals surface area contributed by atoms with Crippen molar-refractivity contribution in [1.29, 1.82) is 0 Å². The van der Waals surface area contributed by atoms with Crippen LogP contribution in [0.4, 0.5) is 4.39 Å². The van der Waals surface area contributed by atoms with E-state index in [1.54, 1.807) is 46.2 Å². The molecule has 2 aromatic carbocycles. The van der Waals surface area contributed by atoms with Crippen LogP contribution < -0.4 is 0 Å². The highest BCUT2D eigenvalue weighted by Crippen LogP contribution is 2.14. The summed E-state index contributed by atoms with van der Waals surface area (Å²) in [5.41, 5.74) is 1.54. The summed E-state index contributed by atoms with van der Waals surface area (Å²) in [5, 5.41) is 0.595. The largest absolute Gasteiger partial charge is 0.339 e. The Bertz CT molecular complexity index is 769. The summed E-state index contributed by atoms with van der Waals surface area (Å²) in [6.07, 6.45) is 0.972. The molecule has 26 heavy (non-hydrogen) atoms. The molecule has 1 aliphatic rings. The lowest BCUT2D eigenvalue weighted by Gasteiger charge is -2.35. The zero-order chi connectivity index (χ0) is 18.5. The highest BCUT2D eigenvalue weighted by molar-refractivity contribution is 6.30. The van der Waals surface area contributed by atoms with Gasteiger partial charge in [0.1, 0.15) is 5.82 Å². The van der Waals surface area contributed by atoms with E-state index >= 15 is 0 Å². The van der Waals surface area contributed by atoms with E-state index in [0.717, 1.165) is 5.56 Å². The lowest BCUT2D eigenvalue weighted by atomic mass is 10.1. The predicted octanol–water partition coefficient (Wildman–Crippen LogP) is 3.40. The Morgan fingerprint density at radius 2 is 1.46 bits per heavy atom. The summed E-state index contributed by atoms with van der Waals surface area (Å²) in [6, 6.07) is 13.0. The van der Waals surface area contributed by atoms with Crippen LogP contribution in [0, 0.1) is 5.82 Å². The second kappa shape index (κ2) is 8.32. The Morgan fingerprint density at radius 3 is 2.08 bits per heavy atom. The molecule has 1 saturated heterocycles. The van der Waals surface area contributed by atoms with Crippen molar-refractivity contribution in [2.45, 2.75) is 12.8 Å². The molecule has 0 spiro atoms. The van der Waals surface area contributed by atoms with Crippen LogP contribution in [-0.2, 0) is 11.2 Å². The molecule has 1 heterocycles. The molecule has 2 amide bonds. The maximum atomic E-state index is 12.9. The van der Waals surface area contributed by atoms with Crippen molar-refractivity contribution in [2.75, 3.05) is 26.2 Å². The number of amides is 2. The molecule has 0 atom stereocenters. The number of carbonyl (C=O) groups excluding carboxylic acids is 2. The third kappa shape index (κ3) is 4.61. The first-order chi connectivity index (χ1) is 12.5. The van der Waals surface area contributed by atoms with Crippen molar-refractivity contribution in [3.63, 3.8) is 0 Å². The second-order valence-corrected chi connectivity index (χ2v) is 6.74. The van der Waals surface area contributed by atoms with Crippen molar-refractivity contribution in [3.8, 4) is 0 Å². The summed E-state index contributed by atoms with van der Waals surface area (Å²) in [7, 11) is 0. The maximum absolute atomic E-state index is 12.9. The average molecular weight is 375 g/mol. The Hall–Kier alpha value is -2.40. The number of benzene rings is 2. The van der Waals surface area contributed by atoms with Crippen LogP contribution in [0.2, 0.25) is 5.02 Å². The molecule has 0 saturated carbocycles. The highest BCUT2D eigenvalue weighted by Gasteiger charge is 2.24. The smallest absolute Gasteiger partial charge is 0.253 e. The molecule has 0 aromatic heterocycles. The van der Waals surface area contributed by atoms with Gasteiger partial charge in [0.25, 0.3) is 5.91 Å². The van der Waals surface area contributed by atoms with E-state index in [1.165, 1.54) is 12.1 Å². The van der Waals surface area contributed by atoms with Gasteiger partial charge < -0.3 is 9.80 Å². The van der Waals surface area contributed by atoms with Crippen molar-refractivity contribution in [2.24, 2.45) is 0 Å². The molecule has 0 bridgehead atoms. The molecule has 1 fully saturated rings. The van der Waals surface area contributed by atoms with Gasteiger partial charge in [0.05, 0.1) is 0 Å². The maximum Gasteiger partial charge on any atom is 0.253 e. The summed E-state index contributed by atoms with van der Waals surface area (Å²) >= 11 is 5.85.